The highest BCUT2D eigenvalue weighted by atomic mass is 16.1. The Morgan fingerprint density at radius 2 is 2.36 bits per heavy atom. The predicted molar refractivity (Wildman–Crippen MR) is 55.4 cm³/mol. The van der Waals surface area contributed by atoms with Crippen LogP contribution in [0.4, 0.5) is 0 Å². The van der Waals surface area contributed by atoms with Crippen molar-refractivity contribution in [1.82, 2.24) is 14.5 Å². The van der Waals surface area contributed by atoms with Crippen LogP contribution < -0.4 is 0 Å². The van der Waals surface area contributed by atoms with E-state index in [2.05, 4.69) is 30.8 Å². The minimum atomic E-state index is 0.526. The molecule has 0 saturated heterocycles. The number of hydrogen-bond acceptors (Lipinski definition) is 3. The zero-order valence-corrected chi connectivity index (χ0v) is 8.97. The Morgan fingerprint density at radius 1 is 1.64 bits per heavy atom. The molecule has 0 aromatic carbocycles. The van der Waals surface area contributed by atoms with Gasteiger partial charge in [-0.25, -0.2) is 4.98 Å². The zero-order valence-electron chi connectivity index (χ0n) is 8.97. The van der Waals surface area contributed by atoms with Crippen molar-refractivity contribution in [2.45, 2.75) is 26.4 Å². The summed E-state index contributed by atoms with van der Waals surface area (Å²) in [5, 5.41) is 0. The lowest BCUT2D eigenvalue weighted by atomic mass is 10.3. The van der Waals surface area contributed by atoms with Crippen molar-refractivity contribution >= 4 is 6.29 Å². The van der Waals surface area contributed by atoms with Crippen molar-refractivity contribution in [3.63, 3.8) is 0 Å². The Kier molecular flexibility index (Phi) is 3.83. The van der Waals surface area contributed by atoms with E-state index in [-0.39, 0.29) is 0 Å². The summed E-state index contributed by atoms with van der Waals surface area (Å²) in [5.41, 5.74) is 0.641. The number of carbonyl (C=O) groups is 1. The maximum Gasteiger partial charge on any atom is 0.168 e. The highest BCUT2D eigenvalue weighted by Gasteiger charge is 2.04. The van der Waals surface area contributed by atoms with Crippen molar-refractivity contribution in [1.29, 1.82) is 0 Å². The van der Waals surface area contributed by atoms with Crippen LogP contribution in [0.15, 0.2) is 12.5 Å². The molecule has 0 atom stereocenters. The van der Waals surface area contributed by atoms with E-state index in [1.54, 1.807) is 12.5 Å². The van der Waals surface area contributed by atoms with Gasteiger partial charge in [0.1, 0.15) is 5.69 Å². The lowest BCUT2D eigenvalue weighted by Crippen LogP contribution is -2.29. The van der Waals surface area contributed by atoms with Gasteiger partial charge in [0.05, 0.1) is 12.5 Å². The molecule has 0 unspecified atom stereocenters. The molecule has 0 fully saturated rings. The van der Waals surface area contributed by atoms with E-state index in [1.165, 1.54) is 0 Å². The molecule has 4 heteroatoms. The number of rotatable bonds is 5. The standard InChI is InChI=1S/C10H17N3O/c1-9(2)12(3)4-5-13-8-11-6-10(13)7-14/h6-9H,4-5H2,1-3H3. The predicted octanol–water partition coefficient (Wildman–Crippen LogP) is 1.04. The lowest BCUT2D eigenvalue weighted by molar-refractivity contribution is 0.111. The fourth-order valence-electron chi connectivity index (χ4n) is 1.14. The molecule has 4 nitrogen and oxygen atoms in total. The van der Waals surface area contributed by atoms with Gasteiger partial charge >= 0.3 is 0 Å². The molecule has 0 N–H and O–H groups in total. The van der Waals surface area contributed by atoms with Gasteiger partial charge in [0, 0.05) is 19.1 Å². The first kappa shape index (κ1) is 10.9. The number of carbonyl (C=O) groups excluding carboxylic acids is 1. The maximum absolute atomic E-state index is 10.6. The van der Waals surface area contributed by atoms with Crippen LogP contribution in [0.2, 0.25) is 0 Å². The summed E-state index contributed by atoms with van der Waals surface area (Å²) in [7, 11) is 2.07. The van der Waals surface area contributed by atoms with Crippen LogP contribution in [-0.4, -0.2) is 40.4 Å². The van der Waals surface area contributed by atoms with Crippen molar-refractivity contribution in [3.8, 4) is 0 Å². The normalized spacial score (nSPS) is 11.2. The minimum Gasteiger partial charge on any atom is -0.327 e. The molecule has 1 aromatic heterocycles. The van der Waals surface area contributed by atoms with E-state index in [0.29, 0.717) is 11.7 Å². The van der Waals surface area contributed by atoms with Crippen LogP contribution in [0.1, 0.15) is 24.3 Å². The second-order valence-corrected chi connectivity index (χ2v) is 3.70. The van der Waals surface area contributed by atoms with Gasteiger partial charge in [0.2, 0.25) is 0 Å². The second kappa shape index (κ2) is 4.91. The monoisotopic (exact) mass is 195 g/mol. The van der Waals surface area contributed by atoms with Crippen molar-refractivity contribution in [2.24, 2.45) is 0 Å². The molecule has 14 heavy (non-hydrogen) atoms. The second-order valence-electron chi connectivity index (χ2n) is 3.70. The molecule has 0 radical (unpaired) electrons. The summed E-state index contributed by atoms with van der Waals surface area (Å²) >= 11 is 0. The summed E-state index contributed by atoms with van der Waals surface area (Å²) in [6.07, 6.45) is 4.11. The van der Waals surface area contributed by atoms with Crippen molar-refractivity contribution in [3.05, 3.63) is 18.2 Å². The van der Waals surface area contributed by atoms with Gasteiger partial charge in [0.25, 0.3) is 0 Å². The van der Waals surface area contributed by atoms with Crippen LogP contribution >= 0.6 is 0 Å². The Morgan fingerprint density at radius 3 is 2.93 bits per heavy atom. The average molecular weight is 195 g/mol. The molecule has 0 aliphatic carbocycles. The first-order valence-electron chi connectivity index (χ1n) is 4.80. The molecule has 1 heterocycles. The largest absolute Gasteiger partial charge is 0.327 e. The molecule has 0 saturated carbocycles. The minimum absolute atomic E-state index is 0.526. The topological polar surface area (TPSA) is 38.1 Å². The quantitative estimate of drug-likeness (QED) is 0.659. The number of likely N-dealkylation sites (N-methyl/N-ethyl adjacent to an activating group) is 1. The smallest absolute Gasteiger partial charge is 0.168 e. The van der Waals surface area contributed by atoms with E-state index < -0.39 is 0 Å². The fraction of sp³-hybridized carbons (Fsp3) is 0.600. The van der Waals surface area contributed by atoms with E-state index in [4.69, 9.17) is 0 Å². The van der Waals surface area contributed by atoms with Gasteiger partial charge in [-0.05, 0) is 20.9 Å². The van der Waals surface area contributed by atoms with Gasteiger partial charge in [-0.2, -0.15) is 0 Å². The summed E-state index contributed by atoms with van der Waals surface area (Å²) in [6.45, 7) is 6.03. The molecule has 78 valence electrons. The van der Waals surface area contributed by atoms with Crippen molar-refractivity contribution < 1.29 is 4.79 Å². The van der Waals surface area contributed by atoms with Crippen LogP contribution in [0.5, 0.6) is 0 Å². The van der Waals surface area contributed by atoms with E-state index in [1.807, 2.05) is 4.57 Å². The SMILES string of the molecule is CC(C)N(C)CCn1cncc1C=O. The van der Waals surface area contributed by atoms with Crippen LogP contribution in [0.3, 0.4) is 0 Å². The van der Waals surface area contributed by atoms with E-state index >= 15 is 0 Å². The summed E-state index contributed by atoms with van der Waals surface area (Å²) in [4.78, 5) is 16.8. The molecular weight excluding hydrogens is 178 g/mol. The molecular formula is C10H17N3O. The van der Waals surface area contributed by atoms with Gasteiger partial charge in [0.15, 0.2) is 6.29 Å². The summed E-state index contributed by atoms with van der Waals surface area (Å²) < 4.78 is 1.87. The van der Waals surface area contributed by atoms with Crippen LogP contribution in [0.25, 0.3) is 0 Å². The zero-order chi connectivity index (χ0) is 10.6. The Bertz CT molecular complexity index is 293. The van der Waals surface area contributed by atoms with Crippen LogP contribution in [0, 0.1) is 0 Å². The molecule has 0 aliphatic heterocycles. The fourth-order valence-corrected chi connectivity index (χ4v) is 1.14. The molecule has 1 rings (SSSR count). The maximum atomic E-state index is 10.6. The first-order valence-corrected chi connectivity index (χ1v) is 4.80. The van der Waals surface area contributed by atoms with Crippen molar-refractivity contribution in [2.75, 3.05) is 13.6 Å². The van der Waals surface area contributed by atoms with E-state index in [0.717, 1.165) is 19.4 Å². The molecule has 0 bridgehead atoms. The third kappa shape index (κ3) is 2.67. The average Bonchev–Trinajstić information content (AvgIpc) is 2.60. The number of aldehydes is 1. The third-order valence-corrected chi connectivity index (χ3v) is 2.44. The van der Waals surface area contributed by atoms with Gasteiger partial charge in [-0.1, -0.05) is 0 Å². The number of aromatic nitrogens is 2. The van der Waals surface area contributed by atoms with Gasteiger partial charge in [-0.15, -0.1) is 0 Å². The first-order chi connectivity index (χ1) is 6.65. The highest BCUT2D eigenvalue weighted by molar-refractivity contribution is 5.71. The number of imidazole rings is 1. The van der Waals surface area contributed by atoms with Gasteiger partial charge in [-0.3, -0.25) is 4.79 Å². The Hall–Kier alpha value is -1.16. The molecule has 0 amide bonds. The highest BCUT2D eigenvalue weighted by Crippen LogP contribution is 1.98. The lowest BCUT2D eigenvalue weighted by Gasteiger charge is -2.21. The summed E-state index contributed by atoms with van der Waals surface area (Å²) in [5.74, 6) is 0. The summed E-state index contributed by atoms with van der Waals surface area (Å²) in [6, 6.07) is 0.526. The van der Waals surface area contributed by atoms with E-state index in [9.17, 15) is 4.79 Å². The molecule has 1 aromatic rings. The Labute approximate surface area is 84.5 Å². The number of hydrogen-bond donors (Lipinski definition) is 0. The molecule has 0 aliphatic rings. The molecule has 0 spiro atoms. The van der Waals surface area contributed by atoms with Crippen LogP contribution in [-0.2, 0) is 6.54 Å². The van der Waals surface area contributed by atoms with Gasteiger partial charge < -0.3 is 9.47 Å². The third-order valence-electron chi connectivity index (χ3n) is 2.44. The number of nitrogens with zero attached hydrogens (tertiary/aromatic N) is 3. The Balaban J connectivity index is 2.49.